The maximum absolute atomic E-state index is 11.8. The summed E-state index contributed by atoms with van der Waals surface area (Å²) in [7, 11) is 0. The number of nitro benzene ring substituents is 1. The van der Waals surface area contributed by atoms with Crippen molar-refractivity contribution in [3.63, 3.8) is 0 Å². The zero-order valence-electron chi connectivity index (χ0n) is 12.7. The topological polar surface area (TPSA) is 114 Å². The van der Waals surface area contributed by atoms with E-state index in [9.17, 15) is 19.7 Å². The molecule has 8 nitrogen and oxygen atoms in total. The van der Waals surface area contributed by atoms with E-state index in [0.29, 0.717) is 5.69 Å². The molecule has 2 aromatic carbocycles. The second kappa shape index (κ2) is 7.63. The Kier molecular flexibility index (Phi) is 5.35. The van der Waals surface area contributed by atoms with E-state index in [2.05, 4.69) is 15.8 Å². The number of nitro groups is 1. The van der Waals surface area contributed by atoms with Crippen LogP contribution in [0.3, 0.4) is 0 Å². The average molecular weight is 326 g/mol. The number of nitrogens with zero attached hydrogens (tertiary/aromatic N) is 2. The first-order valence-corrected chi connectivity index (χ1v) is 6.91. The summed E-state index contributed by atoms with van der Waals surface area (Å²) in [5.74, 6) is -0.636. The fourth-order valence-electron chi connectivity index (χ4n) is 1.82. The SMILES string of the molecule is CC(=O)Nc1ccc(/C=N\NC(=O)c2ccc([N+](=O)[O-])cc2)cc1. The van der Waals surface area contributed by atoms with Crippen molar-refractivity contribution in [2.75, 3.05) is 5.32 Å². The lowest BCUT2D eigenvalue weighted by Gasteiger charge is -2.02. The summed E-state index contributed by atoms with van der Waals surface area (Å²) < 4.78 is 0. The van der Waals surface area contributed by atoms with E-state index < -0.39 is 10.8 Å². The third kappa shape index (κ3) is 4.73. The molecule has 8 heteroatoms. The summed E-state index contributed by atoms with van der Waals surface area (Å²) in [5.41, 5.74) is 3.90. The molecule has 0 aliphatic rings. The van der Waals surface area contributed by atoms with E-state index in [1.807, 2.05) is 0 Å². The van der Waals surface area contributed by atoms with Crippen LogP contribution in [0.4, 0.5) is 11.4 Å². The molecule has 2 aromatic rings. The van der Waals surface area contributed by atoms with Gasteiger partial charge < -0.3 is 5.32 Å². The number of rotatable bonds is 5. The van der Waals surface area contributed by atoms with Crippen molar-refractivity contribution < 1.29 is 14.5 Å². The van der Waals surface area contributed by atoms with Gasteiger partial charge in [-0.15, -0.1) is 0 Å². The number of hydrazone groups is 1. The number of carbonyl (C=O) groups is 2. The van der Waals surface area contributed by atoms with Gasteiger partial charge in [0.05, 0.1) is 11.1 Å². The molecule has 0 aliphatic heterocycles. The van der Waals surface area contributed by atoms with Crippen LogP contribution in [0.2, 0.25) is 0 Å². The van der Waals surface area contributed by atoms with Gasteiger partial charge in [-0.05, 0) is 29.8 Å². The van der Waals surface area contributed by atoms with Gasteiger partial charge >= 0.3 is 0 Å². The molecule has 0 bridgehead atoms. The van der Waals surface area contributed by atoms with Gasteiger partial charge in [-0.25, -0.2) is 5.43 Å². The molecule has 2 N–H and O–H groups in total. The summed E-state index contributed by atoms with van der Waals surface area (Å²) in [4.78, 5) is 32.8. The minimum atomic E-state index is -0.537. The van der Waals surface area contributed by atoms with Gasteiger partial charge in [0, 0.05) is 30.3 Å². The van der Waals surface area contributed by atoms with Crippen molar-refractivity contribution in [2.24, 2.45) is 5.10 Å². The van der Waals surface area contributed by atoms with Crippen LogP contribution in [0.25, 0.3) is 0 Å². The van der Waals surface area contributed by atoms with Gasteiger partial charge in [-0.2, -0.15) is 5.10 Å². The predicted octanol–water partition coefficient (Wildman–Crippen LogP) is 2.32. The molecule has 0 fully saturated rings. The van der Waals surface area contributed by atoms with Crippen LogP contribution in [0.15, 0.2) is 53.6 Å². The first kappa shape index (κ1) is 16.8. The maximum atomic E-state index is 11.8. The number of anilines is 1. The monoisotopic (exact) mass is 326 g/mol. The highest BCUT2D eigenvalue weighted by atomic mass is 16.6. The maximum Gasteiger partial charge on any atom is 0.271 e. The lowest BCUT2D eigenvalue weighted by atomic mass is 10.2. The van der Waals surface area contributed by atoms with E-state index in [-0.39, 0.29) is 17.2 Å². The Bertz CT molecular complexity index is 783. The Labute approximate surface area is 137 Å². The van der Waals surface area contributed by atoms with Crippen LogP contribution in [-0.4, -0.2) is 23.0 Å². The quantitative estimate of drug-likeness (QED) is 0.498. The van der Waals surface area contributed by atoms with Gasteiger partial charge in [-0.3, -0.25) is 19.7 Å². The summed E-state index contributed by atoms with van der Waals surface area (Å²) in [6.07, 6.45) is 1.45. The molecule has 0 saturated heterocycles. The van der Waals surface area contributed by atoms with E-state index in [1.54, 1.807) is 24.3 Å². The molecular formula is C16H14N4O4. The molecule has 0 radical (unpaired) electrons. The normalized spacial score (nSPS) is 10.4. The fourth-order valence-corrected chi connectivity index (χ4v) is 1.82. The number of carbonyl (C=O) groups excluding carboxylic acids is 2. The van der Waals surface area contributed by atoms with Crippen LogP contribution < -0.4 is 10.7 Å². The van der Waals surface area contributed by atoms with E-state index in [4.69, 9.17) is 0 Å². The van der Waals surface area contributed by atoms with Gasteiger partial charge in [0.25, 0.3) is 11.6 Å². The van der Waals surface area contributed by atoms with Gasteiger partial charge in [0.15, 0.2) is 0 Å². The summed E-state index contributed by atoms with van der Waals surface area (Å²) >= 11 is 0. The highest BCUT2D eigenvalue weighted by Crippen LogP contribution is 2.12. The molecule has 0 unspecified atom stereocenters. The Morgan fingerprint density at radius 2 is 1.71 bits per heavy atom. The third-order valence-electron chi connectivity index (χ3n) is 2.95. The number of nitrogens with one attached hydrogen (secondary N) is 2. The molecule has 2 rings (SSSR count). The third-order valence-corrected chi connectivity index (χ3v) is 2.95. The van der Waals surface area contributed by atoms with E-state index in [1.165, 1.54) is 37.4 Å². The van der Waals surface area contributed by atoms with Crippen LogP contribution in [0, 0.1) is 10.1 Å². The van der Waals surface area contributed by atoms with Crippen LogP contribution in [0.5, 0.6) is 0 Å². The lowest BCUT2D eigenvalue weighted by Crippen LogP contribution is -2.17. The fraction of sp³-hybridized carbons (Fsp3) is 0.0625. The van der Waals surface area contributed by atoms with Crippen LogP contribution in [-0.2, 0) is 4.79 Å². The molecule has 0 heterocycles. The minimum Gasteiger partial charge on any atom is -0.326 e. The molecule has 0 spiro atoms. The van der Waals surface area contributed by atoms with Crippen molar-refractivity contribution in [3.8, 4) is 0 Å². The first-order valence-electron chi connectivity index (χ1n) is 6.91. The standard InChI is InChI=1S/C16H14N4O4/c1-11(21)18-14-6-2-12(3-7-14)10-17-19-16(22)13-4-8-15(9-5-13)20(23)24/h2-10H,1H3,(H,18,21)(H,19,22)/b17-10-. The van der Waals surface area contributed by atoms with Crippen LogP contribution >= 0.6 is 0 Å². The predicted molar refractivity (Wildman–Crippen MR) is 88.9 cm³/mol. The average Bonchev–Trinajstić information content (AvgIpc) is 2.56. The molecular weight excluding hydrogens is 312 g/mol. The second-order valence-electron chi connectivity index (χ2n) is 4.81. The number of benzene rings is 2. The van der Waals surface area contributed by atoms with Crippen LogP contribution in [0.1, 0.15) is 22.8 Å². The molecule has 2 amide bonds. The molecule has 122 valence electrons. The highest BCUT2D eigenvalue weighted by molar-refractivity contribution is 5.95. The molecule has 0 atom stereocenters. The number of amides is 2. The molecule has 0 saturated carbocycles. The Hall–Kier alpha value is -3.55. The smallest absolute Gasteiger partial charge is 0.271 e. The molecule has 0 aromatic heterocycles. The van der Waals surface area contributed by atoms with Gasteiger partial charge in [-0.1, -0.05) is 12.1 Å². The number of non-ortho nitro benzene ring substituents is 1. The van der Waals surface area contributed by atoms with E-state index >= 15 is 0 Å². The van der Waals surface area contributed by atoms with Crippen molar-refractivity contribution in [1.82, 2.24) is 5.43 Å². The number of hydrogen-bond donors (Lipinski definition) is 2. The van der Waals surface area contributed by atoms with Crippen molar-refractivity contribution in [1.29, 1.82) is 0 Å². The zero-order chi connectivity index (χ0) is 17.5. The minimum absolute atomic E-state index is 0.0886. The Morgan fingerprint density at radius 1 is 1.08 bits per heavy atom. The lowest BCUT2D eigenvalue weighted by molar-refractivity contribution is -0.384. The second-order valence-corrected chi connectivity index (χ2v) is 4.81. The van der Waals surface area contributed by atoms with Crippen molar-refractivity contribution in [3.05, 3.63) is 69.8 Å². The highest BCUT2D eigenvalue weighted by Gasteiger charge is 2.08. The van der Waals surface area contributed by atoms with Crippen molar-refractivity contribution >= 4 is 29.4 Å². The first-order chi connectivity index (χ1) is 11.5. The summed E-state index contributed by atoms with van der Waals surface area (Å²) in [6, 6.07) is 12.1. The largest absolute Gasteiger partial charge is 0.326 e. The summed E-state index contributed by atoms with van der Waals surface area (Å²) in [6.45, 7) is 1.42. The van der Waals surface area contributed by atoms with E-state index in [0.717, 1.165) is 5.56 Å². The zero-order valence-corrected chi connectivity index (χ0v) is 12.7. The Balaban J connectivity index is 1.94. The number of hydrogen-bond acceptors (Lipinski definition) is 5. The summed E-state index contributed by atoms with van der Waals surface area (Å²) in [5, 5.41) is 17.0. The van der Waals surface area contributed by atoms with Gasteiger partial charge in [0.1, 0.15) is 0 Å². The van der Waals surface area contributed by atoms with Gasteiger partial charge in [0.2, 0.25) is 5.91 Å². The molecule has 24 heavy (non-hydrogen) atoms. The molecule has 0 aliphatic carbocycles. The Morgan fingerprint density at radius 3 is 2.25 bits per heavy atom. The van der Waals surface area contributed by atoms with Crippen molar-refractivity contribution in [2.45, 2.75) is 6.92 Å².